The second-order valence-corrected chi connectivity index (χ2v) is 4.60. The Kier molecular flexibility index (Phi) is 4.84. The van der Waals surface area contributed by atoms with E-state index < -0.39 is 6.10 Å². The molecule has 21 heavy (non-hydrogen) atoms. The largest absolute Gasteiger partial charge is 0.487 e. The molecule has 0 bridgehead atoms. The summed E-state index contributed by atoms with van der Waals surface area (Å²) in [4.78, 5) is 20.4. The van der Waals surface area contributed by atoms with Crippen LogP contribution in [0.15, 0.2) is 36.7 Å². The summed E-state index contributed by atoms with van der Waals surface area (Å²) in [6, 6.07) is 6.84. The van der Waals surface area contributed by atoms with Crippen LogP contribution in [0.1, 0.15) is 23.0 Å². The smallest absolute Gasteiger partial charge is 0.260 e. The van der Waals surface area contributed by atoms with Crippen molar-refractivity contribution in [2.75, 3.05) is 11.9 Å². The third kappa shape index (κ3) is 4.00. The zero-order valence-corrected chi connectivity index (χ0v) is 11.9. The van der Waals surface area contributed by atoms with Crippen LogP contribution < -0.4 is 10.1 Å². The topological polar surface area (TPSA) is 84.3 Å². The number of aryl methyl sites for hydroxylation is 1. The molecule has 1 aromatic carbocycles. The highest BCUT2D eigenvalue weighted by Gasteiger charge is 2.14. The van der Waals surface area contributed by atoms with E-state index in [-0.39, 0.29) is 12.5 Å². The van der Waals surface area contributed by atoms with E-state index in [1.54, 1.807) is 37.4 Å². The second-order valence-electron chi connectivity index (χ2n) is 4.60. The highest BCUT2D eigenvalue weighted by molar-refractivity contribution is 6.05. The molecule has 2 aromatic rings. The van der Waals surface area contributed by atoms with Crippen molar-refractivity contribution in [3.8, 4) is 5.75 Å². The first-order chi connectivity index (χ1) is 10.1. The zero-order valence-electron chi connectivity index (χ0n) is 11.9. The fourth-order valence-corrected chi connectivity index (χ4v) is 1.65. The molecular weight excluding hydrogens is 270 g/mol. The summed E-state index contributed by atoms with van der Waals surface area (Å²) in [6.45, 7) is 3.41. The fraction of sp³-hybridized carbons (Fsp3) is 0.267. The molecule has 0 spiro atoms. The summed E-state index contributed by atoms with van der Waals surface area (Å²) >= 11 is 0. The molecule has 6 heteroatoms. The summed E-state index contributed by atoms with van der Waals surface area (Å²) in [5, 5.41) is 11.7. The molecule has 0 saturated carbocycles. The molecule has 0 unspecified atom stereocenters. The Balaban J connectivity index is 2.17. The highest BCUT2D eigenvalue weighted by Crippen LogP contribution is 2.20. The van der Waals surface area contributed by atoms with Crippen LogP contribution in [0.2, 0.25) is 0 Å². The number of hydrogen-bond donors (Lipinski definition) is 2. The SMILES string of the molecule is Cc1cnc(NC(=O)c2ccccc2O[C@@H](C)CO)cn1. The Bertz CT molecular complexity index is 614. The molecule has 1 atom stereocenters. The van der Waals surface area contributed by atoms with Crippen LogP contribution in [-0.4, -0.2) is 33.7 Å². The van der Waals surface area contributed by atoms with Gasteiger partial charge in [0.1, 0.15) is 11.9 Å². The van der Waals surface area contributed by atoms with Crippen LogP contribution in [0.25, 0.3) is 0 Å². The van der Waals surface area contributed by atoms with Gasteiger partial charge in [0.2, 0.25) is 0 Å². The third-order valence-corrected chi connectivity index (χ3v) is 2.74. The van der Waals surface area contributed by atoms with E-state index in [9.17, 15) is 4.79 Å². The first-order valence-corrected chi connectivity index (χ1v) is 6.56. The van der Waals surface area contributed by atoms with Crippen LogP contribution in [0, 0.1) is 6.92 Å². The number of carbonyl (C=O) groups is 1. The van der Waals surface area contributed by atoms with Gasteiger partial charge in [-0.25, -0.2) is 4.98 Å². The molecule has 0 fully saturated rings. The van der Waals surface area contributed by atoms with Crippen LogP contribution in [0.3, 0.4) is 0 Å². The molecule has 0 aliphatic heterocycles. The maximum absolute atomic E-state index is 12.3. The van der Waals surface area contributed by atoms with Crippen LogP contribution in [0.4, 0.5) is 5.82 Å². The lowest BCUT2D eigenvalue weighted by Gasteiger charge is -2.15. The minimum Gasteiger partial charge on any atom is -0.487 e. The number of carbonyl (C=O) groups excluding carboxylic acids is 1. The van der Waals surface area contributed by atoms with E-state index in [2.05, 4.69) is 15.3 Å². The summed E-state index contributed by atoms with van der Waals surface area (Å²) < 4.78 is 5.53. The standard InChI is InChI=1S/C15H17N3O3/c1-10-7-17-14(8-16-10)18-15(20)12-5-3-4-6-13(12)21-11(2)9-19/h3-8,11,19H,9H2,1-2H3,(H,17,18,20)/t11-/m0/s1. The monoisotopic (exact) mass is 287 g/mol. The molecule has 0 aliphatic carbocycles. The highest BCUT2D eigenvalue weighted by atomic mass is 16.5. The van der Waals surface area contributed by atoms with Gasteiger partial charge in [-0.15, -0.1) is 0 Å². The van der Waals surface area contributed by atoms with Crippen molar-refractivity contribution in [2.45, 2.75) is 20.0 Å². The van der Waals surface area contributed by atoms with Gasteiger partial charge < -0.3 is 15.2 Å². The molecule has 0 radical (unpaired) electrons. The van der Waals surface area contributed by atoms with Crippen molar-refractivity contribution in [3.05, 3.63) is 47.9 Å². The minimum absolute atomic E-state index is 0.126. The van der Waals surface area contributed by atoms with E-state index in [0.717, 1.165) is 5.69 Å². The number of rotatable bonds is 5. The Morgan fingerprint density at radius 3 is 2.76 bits per heavy atom. The molecule has 2 rings (SSSR count). The van der Waals surface area contributed by atoms with E-state index in [4.69, 9.17) is 9.84 Å². The first kappa shape index (κ1) is 14.9. The maximum Gasteiger partial charge on any atom is 0.260 e. The van der Waals surface area contributed by atoms with Crippen molar-refractivity contribution >= 4 is 11.7 Å². The molecule has 1 heterocycles. The molecule has 6 nitrogen and oxygen atoms in total. The van der Waals surface area contributed by atoms with Gasteiger partial charge in [0.15, 0.2) is 5.82 Å². The van der Waals surface area contributed by atoms with Gasteiger partial charge in [-0.1, -0.05) is 12.1 Å². The van der Waals surface area contributed by atoms with Crippen molar-refractivity contribution in [1.29, 1.82) is 0 Å². The Hall–Kier alpha value is -2.47. The predicted molar refractivity (Wildman–Crippen MR) is 78.3 cm³/mol. The molecular formula is C15H17N3O3. The number of para-hydroxylation sites is 1. The van der Waals surface area contributed by atoms with Crippen LogP contribution in [-0.2, 0) is 0 Å². The number of aliphatic hydroxyl groups is 1. The Labute approximate surface area is 122 Å². The molecule has 0 aliphatic rings. The lowest BCUT2D eigenvalue weighted by molar-refractivity contribution is 0.100. The number of aliphatic hydroxyl groups excluding tert-OH is 1. The van der Waals surface area contributed by atoms with E-state index in [0.29, 0.717) is 17.1 Å². The minimum atomic E-state index is -0.391. The number of ether oxygens (including phenoxy) is 1. The van der Waals surface area contributed by atoms with Crippen LogP contribution >= 0.6 is 0 Å². The number of benzene rings is 1. The quantitative estimate of drug-likeness (QED) is 0.876. The average molecular weight is 287 g/mol. The van der Waals surface area contributed by atoms with Gasteiger partial charge in [0, 0.05) is 0 Å². The summed E-state index contributed by atoms with van der Waals surface area (Å²) in [7, 11) is 0. The number of amides is 1. The number of nitrogens with one attached hydrogen (secondary N) is 1. The van der Waals surface area contributed by atoms with Crippen LogP contribution in [0.5, 0.6) is 5.75 Å². The molecule has 1 aromatic heterocycles. The van der Waals surface area contributed by atoms with Crippen molar-refractivity contribution < 1.29 is 14.6 Å². The molecule has 110 valence electrons. The first-order valence-electron chi connectivity index (χ1n) is 6.56. The van der Waals surface area contributed by atoms with Crippen molar-refractivity contribution in [2.24, 2.45) is 0 Å². The van der Waals surface area contributed by atoms with E-state index >= 15 is 0 Å². The van der Waals surface area contributed by atoms with Gasteiger partial charge in [-0.2, -0.15) is 0 Å². The van der Waals surface area contributed by atoms with Gasteiger partial charge >= 0.3 is 0 Å². The van der Waals surface area contributed by atoms with Crippen molar-refractivity contribution in [3.63, 3.8) is 0 Å². The molecule has 0 saturated heterocycles. The van der Waals surface area contributed by atoms with Crippen molar-refractivity contribution in [1.82, 2.24) is 9.97 Å². The third-order valence-electron chi connectivity index (χ3n) is 2.74. The lowest BCUT2D eigenvalue weighted by Crippen LogP contribution is -2.20. The van der Waals surface area contributed by atoms with Gasteiger partial charge in [-0.3, -0.25) is 9.78 Å². The second kappa shape index (κ2) is 6.81. The molecule has 1 amide bonds. The Morgan fingerprint density at radius 1 is 1.33 bits per heavy atom. The number of anilines is 1. The van der Waals surface area contributed by atoms with E-state index in [1.807, 2.05) is 6.92 Å². The average Bonchev–Trinajstić information content (AvgIpc) is 2.50. The number of aromatic nitrogens is 2. The van der Waals surface area contributed by atoms with Gasteiger partial charge in [0.25, 0.3) is 5.91 Å². The summed E-state index contributed by atoms with van der Waals surface area (Å²) in [5.74, 6) is 0.445. The Morgan fingerprint density at radius 2 is 2.10 bits per heavy atom. The lowest BCUT2D eigenvalue weighted by atomic mass is 10.2. The normalized spacial score (nSPS) is 11.8. The summed E-state index contributed by atoms with van der Waals surface area (Å²) in [5.41, 5.74) is 1.15. The van der Waals surface area contributed by atoms with Gasteiger partial charge in [0.05, 0.1) is 30.3 Å². The zero-order chi connectivity index (χ0) is 15.2. The van der Waals surface area contributed by atoms with Gasteiger partial charge in [-0.05, 0) is 26.0 Å². The predicted octanol–water partition coefficient (Wildman–Crippen LogP) is 1.80. The number of hydrogen-bond acceptors (Lipinski definition) is 5. The fourth-order valence-electron chi connectivity index (χ4n) is 1.65. The maximum atomic E-state index is 12.3. The molecule has 2 N–H and O–H groups in total. The number of nitrogens with zero attached hydrogens (tertiary/aromatic N) is 2. The summed E-state index contributed by atoms with van der Waals surface area (Å²) in [6.07, 6.45) is 2.68. The van der Waals surface area contributed by atoms with E-state index in [1.165, 1.54) is 6.20 Å².